The minimum Gasteiger partial charge on any atom is -0.478 e. The van der Waals surface area contributed by atoms with Gasteiger partial charge in [0.1, 0.15) is 5.52 Å². The van der Waals surface area contributed by atoms with Gasteiger partial charge in [-0.15, -0.1) is 0 Å². The van der Waals surface area contributed by atoms with Crippen LogP contribution < -0.4 is 5.32 Å². The molecule has 1 aliphatic rings. The topological polar surface area (TPSA) is 75.4 Å². The standard InChI is InChI=1S/C15H18N2O3S/c1-21-15(6-2-3-7-15)9-16-14-17-11-5-4-10(13(18)19)8-12(11)20-14/h4-5,8H,2-3,6-7,9H2,1H3,(H,16,17)(H,18,19). The lowest BCUT2D eigenvalue weighted by molar-refractivity contribution is 0.0697. The summed E-state index contributed by atoms with van der Waals surface area (Å²) in [6, 6.07) is 5.19. The van der Waals surface area contributed by atoms with Gasteiger partial charge in [0.15, 0.2) is 5.58 Å². The number of aromatic nitrogens is 1. The summed E-state index contributed by atoms with van der Waals surface area (Å²) >= 11 is 1.90. The number of hydrogen-bond donors (Lipinski definition) is 2. The molecule has 112 valence electrons. The Balaban J connectivity index is 1.77. The van der Waals surface area contributed by atoms with Crippen molar-refractivity contribution in [3.8, 4) is 0 Å². The smallest absolute Gasteiger partial charge is 0.335 e. The molecule has 1 aromatic heterocycles. The number of rotatable bonds is 5. The van der Waals surface area contributed by atoms with E-state index in [9.17, 15) is 4.79 Å². The van der Waals surface area contributed by atoms with Crippen molar-refractivity contribution in [2.75, 3.05) is 18.1 Å². The lowest BCUT2D eigenvalue weighted by Crippen LogP contribution is -2.30. The lowest BCUT2D eigenvalue weighted by Gasteiger charge is -2.26. The van der Waals surface area contributed by atoms with Crippen LogP contribution in [-0.4, -0.2) is 33.6 Å². The molecule has 2 N–H and O–H groups in total. The van der Waals surface area contributed by atoms with E-state index in [-0.39, 0.29) is 10.3 Å². The Labute approximate surface area is 127 Å². The fraction of sp³-hybridized carbons (Fsp3) is 0.467. The Hall–Kier alpha value is -1.69. The van der Waals surface area contributed by atoms with Crippen LogP contribution in [0.25, 0.3) is 11.1 Å². The maximum Gasteiger partial charge on any atom is 0.335 e. The number of hydrogen-bond acceptors (Lipinski definition) is 5. The fourth-order valence-corrected chi connectivity index (χ4v) is 3.76. The molecule has 0 radical (unpaired) electrons. The number of fused-ring (bicyclic) bond motifs is 1. The Morgan fingerprint density at radius 3 is 2.90 bits per heavy atom. The number of anilines is 1. The van der Waals surface area contributed by atoms with Crippen LogP contribution in [-0.2, 0) is 0 Å². The molecule has 5 nitrogen and oxygen atoms in total. The quantitative estimate of drug-likeness (QED) is 0.879. The highest BCUT2D eigenvalue weighted by Gasteiger charge is 2.33. The van der Waals surface area contributed by atoms with Crippen molar-refractivity contribution in [3.63, 3.8) is 0 Å². The molecule has 0 spiro atoms. The van der Waals surface area contributed by atoms with Gasteiger partial charge in [0, 0.05) is 11.3 Å². The zero-order valence-electron chi connectivity index (χ0n) is 11.9. The molecule has 3 rings (SSSR count). The third kappa shape index (κ3) is 2.85. The van der Waals surface area contributed by atoms with E-state index in [2.05, 4.69) is 16.6 Å². The van der Waals surface area contributed by atoms with E-state index < -0.39 is 5.97 Å². The Bertz CT molecular complexity index is 662. The summed E-state index contributed by atoms with van der Waals surface area (Å²) in [5.74, 6) is -0.963. The maximum absolute atomic E-state index is 11.0. The number of benzene rings is 1. The van der Waals surface area contributed by atoms with Gasteiger partial charge in [0.2, 0.25) is 0 Å². The van der Waals surface area contributed by atoms with Crippen LogP contribution in [0.5, 0.6) is 0 Å². The molecule has 1 saturated carbocycles. The zero-order valence-corrected chi connectivity index (χ0v) is 12.7. The molecule has 21 heavy (non-hydrogen) atoms. The van der Waals surface area contributed by atoms with Crippen molar-refractivity contribution in [1.29, 1.82) is 0 Å². The van der Waals surface area contributed by atoms with E-state index in [1.54, 1.807) is 6.07 Å². The van der Waals surface area contributed by atoms with E-state index in [1.807, 2.05) is 11.8 Å². The van der Waals surface area contributed by atoms with Crippen LogP contribution in [0.2, 0.25) is 0 Å². The first kappa shape index (κ1) is 14.3. The highest BCUT2D eigenvalue weighted by Crippen LogP contribution is 2.40. The molecule has 1 aromatic carbocycles. The lowest BCUT2D eigenvalue weighted by atomic mass is 10.1. The van der Waals surface area contributed by atoms with Gasteiger partial charge in [-0.3, -0.25) is 0 Å². The Kier molecular flexibility index (Phi) is 3.80. The number of nitrogens with one attached hydrogen (secondary N) is 1. The first-order valence-corrected chi connectivity index (χ1v) is 8.27. The second kappa shape index (κ2) is 5.60. The van der Waals surface area contributed by atoms with Crippen LogP contribution in [0.4, 0.5) is 6.01 Å². The zero-order chi connectivity index (χ0) is 14.9. The molecule has 0 amide bonds. The minimum absolute atomic E-state index is 0.210. The van der Waals surface area contributed by atoms with E-state index in [0.717, 1.165) is 6.54 Å². The Morgan fingerprint density at radius 2 is 2.24 bits per heavy atom. The molecule has 0 saturated heterocycles. The van der Waals surface area contributed by atoms with Crippen molar-refractivity contribution >= 4 is 34.8 Å². The van der Waals surface area contributed by atoms with Gasteiger partial charge in [-0.2, -0.15) is 16.7 Å². The van der Waals surface area contributed by atoms with Gasteiger partial charge in [-0.25, -0.2) is 4.79 Å². The van der Waals surface area contributed by atoms with E-state index >= 15 is 0 Å². The van der Waals surface area contributed by atoms with E-state index in [1.165, 1.54) is 37.8 Å². The number of carboxylic acids is 1. The number of thioether (sulfide) groups is 1. The molecule has 1 heterocycles. The summed E-state index contributed by atoms with van der Waals surface area (Å²) in [6.07, 6.45) is 7.13. The average molecular weight is 306 g/mol. The second-order valence-corrected chi connectivity index (χ2v) is 6.73. The first-order chi connectivity index (χ1) is 10.1. The van der Waals surface area contributed by atoms with Crippen LogP contribution in [0.15, 0.2) is 22.6 Å². The summed E-state index contributed by atoms with van der Waals surface area (Å²) in [5, 5.41) is 12.3. The van der Waals surface area contributed by atoms with Crippen molar-refractivity contribution in [1.82, 2.24) is 4.98 Å². The molecule has 0 atom stereocenters. The molecule has 6 heteroatoms. The van der Waals surface area contributed by atoms with E-state index in [0.29, 0.717) is 17.1 Å². The molecule has 2 aromatic rings. The monoisotopic (exact) mass is 306 g/mol. The van der Waals surface area contributed by atoms with Gasteiger partial charge < -0.3 is 14.8 Å². The maximum atomic E-state index is 11.0. The predicted octanol–water partition coefficient (Wildman–Crippen LogP) is 3.61. The van der Waals surface area contributed by atoms with Gasteiger partial charge >= 0.3 is 5.97 Å². The number of nitrogens with zero attached hydrogens (tertiary/aromatic N) is 1. The number of oxazole rings is 1. The summed E-state index contributed by atoms with van der Waals surface area (Å²) in [5.41, 5.74) is 1.38. The van der Waals surface area contributed by atoms with Crippen LogP contribution >= 0.6 is 11.8 Å². The normalized spacial score (nSPS) is 17.2. The van der Waals surface area contributed by atoms with Crippen LogP contribution in [0, 0.1) is 0 Å². The van der Waals surface area contributed by atoms with Gasteiger partial charge in [-0.1, -0.05) is 12.8 Å². The fourth-order valence-electron chi connectivity index (χ4n) is 2.84. The molecular formula is C15H18N2O3S. The predicted molar refractivity (Wildman–Crippen MR) is 84.2 cm³/mol. The summed E-state index contributed by atoms with van der Waals surface area (Å²) in [6.45, 7) is 0.826. The summed E-state index contributed by atoms with van der Waals surface area (Å²) in [4.78, 5) is 15.3. The van der Waals surface area contributed by atoms with Gasteiger partial charge in [0.05, 0.1) is 5.56 Å². The van der Waals surface area contributed by atoms with Crippen molar-refractivity contribution in [2.45, 2.75) is 30.4 Å². The Morgan fingerprint density at radius 1 is 1.48 bits per heavy atom. The van der Waals surface area contributed by atoms with Crippen LogP contribution in [0.3, 0.4) is 0 Å². The van der Waals surface area contributed by atoms with Crippen molar-refractivity contribution < 1.29 is 14.3 Å². The van der Waals surface area contributed by atoms with Crippen LogP contribution in [0.1, 0.15) is 36.0 Å². The first-order valence-electron chi connectivity index (χ1n) is 7.05. The highest BCUT2D eigenvalue weighted by molar-refractivity contribution is 8.00. The van der Waals surface area contributed by atoms with Crippen molar-refractivity contribution in [2.24, 2.45) is 0 Å². The van der Waals surface area contributed by atoms with E-state index in [4.69, 9.17) is 9.52 Å². The van der Waals surface area contributed by atoms with Crippen molar-refractivity contribution in [3.05, 3.63) is 23.8 Å². The number of carbonyl (C=O) groups is 1. The average Bonchev–Trinajstić information content (AvgIpc) is 3.11. The molecule has 0 bridgehead atoms. The second-order valence-electron chi connectivity index (χ2n) is 5.45. The minimum atomic E-state index is -0.963. The SMILES string of the molecule is CSC1(CNc2nc3ccc(C(=O)O)cc3o2)CCCC1. The molecule has 1 fully saturated rings. The molecular weight excluding hydrogens is 288 g/mol. The summed E-state index contributed by atoms with van der Waals surface area (Å²) < 4.78 is 5.88. The number of carboxylic acid groups (broad SMARTS) is 1. The number of aromatic carboxylic acids is 1. The summed E-state index contributed by atoms with van der Waals surface area (Å²) in [7, 11) is 0. The highest BCUT2D eigenvalue weighted by atomic mass is 32.2. The van der Waals surface area contributed by atoms with Gasteiger partial charge in [-0.05, 0) is 37.3 Å². The van der Waals surface area contributed by atoms with Gasteiger partial charge in [0.25, 0.3) is 6.01 Å². The third-order valence-electron chi connectivity index (χ3n) is 4.14. The molecule has 0 unspecified atom stereocenters. The largest absolute Gasteiger partial charge is 0.478 e. The third-order valence-corrected chi connectivity index (χ3v) is 5.56. The molecule has 0 aliphatic heterocycles. The molecule has 1 aliphatic carbocycles.